The molecule has 1 aromatic heterocycles. The normalized spacial score (nSPS) is 11.4. The fraction of sp³-hybridized carbons (Fsp3) is 0.0455. The molecule has 0 unspecified atom stereocenters. The fourth-order valence-electron chi connectivity index (χ4n) is 3.14. The van der Waals surface area contributed by atoms with Gasteiger partial charge in [-0.05, 0) is 42.5 Å². The molecular formula is C22H19N4NaO4S. The van der Waals surface area contributed by atoms with Crippen LogP contribution in [0.3, 0.4) is 0 Å². The predicted molar refractivity (Wildman–Crippen MR) is 126 cm³/mol. The number of pyridine rings is 1. The van der Waals surface area contributed by atoms with Gasteiger partial charge in [0.05, 0.1) is 24.7 Å². The summed E-state index contributed by atoms with van der Waals surface area (Å²) in [5.41, 5.74) is 8.68. The predicted octanol–water partition coefficient (Wildman–Crippen LogP) is 4.51. The van der Waals surface area contributed by atoms with Crippen LogP contribution in [0, 0.1) is 0 Å². The summed E-state index contributed by atoms with van der Waals surface area (Å²) in [5.74, 6) is 0.756. The zero-order valence-corrected chi connectivity index (χ0v) is 17.2. The Hall–Kier alpha value is -2.82. The van der Waals surface area contributed by atoms with Gasteiger partial charge < -0.3 is 10.5 Å². The van der Waals surface area contributed by atoms with E-state index in [0.29, 0.717) is 16.5 Å². The van der Waals surface area contributed by atoms with Crippen molar-refractivity contribution in [2.45, 2.75) is 4.90 Å². The molecule has 0 atom stereocenters. The minimum atomic E-state index is -4.47. The van der Waals surface area contributed by atoms with Crippen LogP contribution >= 0.6 is 0 Å². The topological polar surface area (TPSA) is 127 Å². The average molecular weight is 458 g/mol. The van der Waals surface area contributed by atoms with Crippen molar-refractivity contribution >= 4 is 67.5 Å². The first kappa shape index (κ1) is 23.8. The quantitative estimate of drug-likeness (QED) is 0.196. The number of nitrogen functional groups attached to an aromatic ring is 1. The molecule has 0 fully saturated rings. The van der Waals surface area contributed by atoms with Gasteiger partial charge in [0.25, 0.3) is 10.1 Å². The van der Waals surface area contributed by atoms with Gasteiger partial charge in [0.1, 0.15) is 22.0 Å². The number of aromatic nitrogens is 1. The summed E-state index contributed by atoms with van der Waals surface area (Å²) in [6.07, 6.45) is 1.55. The number of anilines is 1. The Morgan fingerprint density at radius 1 is 0.969 bits per heavy atom. The second-order valence-electron chi connectivity index (χ2n) is 6.66. The summed E-state index contributed by atoms with van der Waals surface area (Å²) >= 11 is 0. The van der Waals surface area contributed by atoms with Gasteiger partial charge in [-0.3, -0.25) is 9.54 Å². The molecule has 0 aliphatic heterocycles. The van der Waals surface area contributed by atoms with E-state index < -0.39 is 10.1 Å². The van der Waals surface area contributed by atoms with Crippen molar-refractivity contribution in [3.8, 4) is 17.0 Å². The maximum atomic E-state index is 11.8. The molecule has 1 heterocycles. The number of fused-ring (bicyclic) bond motifs is 1. The summed E-state index contributed by atoms with van der Waals surface area (Å²) in [6, 6.07) is 18.8. The molecule has 158 valence electrons. The number of hydrogen-bond donors (Lipinski definition) is 2. The first-order valence-corrected chi connectivity index (χ1v) is 10.6. The maximum absolute atomic E-state index is 11.8. The van der Waals surface area contributed by atoms with E-state index in [-0.39, 0.29) is 45.8 Å². The van der Waals surface area contributed by atoms with E-state index in [2.05, 4.69) is 15.2 Å². The first-order chi connectivity index (χ1) is 14.9. The van der Waals surface area contributed by atoms with Crippen LogP contribution < -0.4 is 10.5 Å². The van der Waals surface area contributed by atoms with E-state index in [1.807, 2.05) is 24.3 Å². The summed E-state index contributed by atoms with van der Waals surface area (Å²) in [6.45, 7) is 0. The summed E-state index contributed by atoms with van der Waals surface area (Å²) in [7, 11) is -2.87. The van der Waals surface area contributed by atoms with Gasteiger partial charge >= 0.3 is 29.6 Å². The van der Waals surface area contributed by atoms with E-state index in [1.54, 1.807) is 49.7 Å². The molecule has 0 spiro atoms. The van der Waals surface area contributed by atoms with Crippen LogP contribution in [-0.2, 0) is 10.1 Å². The molecule has 0 radical (unpaired) electrons. The molecule has 0 bridgehead atoms. The molecule has 0 saturated carbocycles. The Labute approximate surface area is 207 Å². The van der Waals surface area contributed by atoms with E-state index in [4.69, 9.17) is 10.5 Å². The van der Waals surface area contributed by atoms with Crippen LogP contribution in [0.4, 0.5) is 17.1 Å². The van der Waals surface area contributed by atoms with Gasteiger partial charge in [0.15, 0.2) is 0 Å². The number of ether oxygens (including phenoxy) is 1. The monoisotopic (exact) mass is 458 g/mol. The van der Waals surface area contributed by atoms with E-state index in [1.165, 1.54) is 6.07 Å². The van der Waals surface area contributed by atoms with Crippen molar-refractivity contribution in [2.24, 2.45) is 10.2 Å². The third-order valence-electron chi connectivity index (χ3n) is 4.71. The number of azo groups is 1. The molecule has 3 N–H and O–H groups in total. The van der Waals surface area contributed by atoms with Gasteiger partial charge in [-0.1, -0.05) is 24.3 Å². The summed E-state index contributed by atoms with van der Waals surface area (Å²) < 4.78 is 38.4. The molecule has 4 aromatic rings. The van der Waals surface area contributed by atoms with Crippen LogP contribution in [-0.4, -0.2) is 54.6 Å². The zero-order valence-electron chi connectivity index (χ0n) is 16.4. The molecule has 3 aromatic carbocycles. The van der Waals surface area contributed by atoms with E-state index >= 15 is 0 Å². The number of hydrogen-bond acceptors (Lipinski definition) is 7. The molecule has 4 rings (SSSR count). The van der Waals surface area contributed by atoms with Crippen LogP contribution in [0.15, 0.2) is 88.1 Å². The number of nitrogens with two attached hydrogens (primary N) is 1. The molecule has 0 amide bonds. The van der Waals surface area contributed by atoms with Crippen LogP contribution in [0.25, 0.3) is 22.0 Å². The number of benzene rings is 3. The number of rotatable bonds is 5. The SMILES string of the molecule is COc1ccc(-c2ccc(/N=N/c3cc(S(=O)(=O)O)c4ccccc4c3N)cn2)cc1.[NaH]. The van der Waals surface area contributed by atoms with Gasteiger partial charge in [-0.25, -0.2) is 0 Å². The third kappa shape index (κ3) is 4.98. The standard InChI is InChI=1S/C22H18N4O4S.Na.H/c1-30-16-9-6-14(7-10-16)19-11-8-15(13-24-19)25-26-20-12-21(31(27,28)29)17-4-2-3-5-18(17)22(20)23;;/h2-13H,23H2,1H3,(H,27,28,29);;/b26-25+;;. The van der Waals surface area contributed by atoms with Crippen molar-refractivity contribution in [3.63, 3.8) is 0 Å². The molecule has 0 aliphatic rings. The number of methoxy groups -OCH3 is 1. The van der Waals surface area contributed by atoms with E-state index in [0.717, 1.165) is 17.0 Å². The molecule has 32 heavy (non-hydrogen) atoms. The minimum absolute atomic E-state index is 0. The van der Waals surface area contributed by atoms with Gasteiger partial charge in [0, 0.05) is 16.3 Å². The van der Waals surface area contributed by atoms with Gasteiger partial charge in [-0.2, -0.15) is 8.42 Å². The Kier molecular flexibility index (Phi) is 7.27. The third-order valence-corrected chi connectivity index (χ3v) is 5.60. The Morgan fingerprint density at radius 2 is 1.66 bits per heavy atom. The first-order valence-electron chi connectivity index (χ1n) is 9.18. The van der Waals surface area contributed by atoms with Crippen molar-refractivity contribution in [3.05, 3.63) is 72.9 Å². The molecule has 0 saturated heterocycles. The number of nitrogens with zero attached hydrogens (tertiary/aromatic N) is 3. The Bertz CT molecular complexity index is 1390. The summed E-state index contributed by atoms with van der Waals surface area (Å²) in [4.78, 5) is 4.11. The van der Waals surface area contributed by atoms with E-state index in [9.17, 15) is 13.0 Å². The van der Waals surface area contributed by atoms with Gasteiger partial charge in [-0.15, -0.1) is 10.2 Å². The molecular weight excluding hydrogens is 439 g/mol. The van der Waals surface area contributed by atoms with Crippen LogP contribution in [0.5, 0.6) is 5.75 Å². The molecule has 8 nitrogen and oxygen atoms in total. The van der Waals surface area contributed by atoms with Gasteiger partial charge in [0.2, 0.25) is 0 Å². The van der Waals surface area contributed by atoms with Crippen LogP contribution in [0.1, 0.15) is 0 Å². The Morgan fingerprint density at radius 3 is 2.25 bits per heavy atom. The zero-order chi connectivity index (χ0) is 22.0. The van der Waals surface area contributed by atoms with Crippen molar-refractivity contribution in [1.29, 1.82) is 0 Å². The van der Waals surface area contributed by atoms with Crippen LogP contribution in [0.2, 0.25) is 0 Å². The fourth-order valence-corrected chi connectivity index (χ4v) is 3.85. The summed E-state index contributed by atoms with van der Waals surface area (Å²) in [5, 5.41) is 8.98. The molecule has 10 heteroatoms. The van der Waals surface area contributed by atoms with Crippen molar-refractivity contribution < 1.29 is 17.7 Å². The van der Waals surface area contributed by atoms with Crippen molar-refractivity contribution in [1.82, 2.24) is 4.98 Å². The average Bonchev–Trinajstić information content (AvgIpc) is 2.78. The molecule has 0 aliphatic carbocycles. The second kappa shape index (κ2) is 9.76. The van der Waals surface area contributed by atoms with Crippen molar-refractivity contribution in [2.75, 3.05) is 12.8 Å². The second-order valence-corrected chi connectivity index (χ2v) is 8.05. The Balaban J connectivity index is 0.00000289.